The minimum atomic E-state index is -0.455. The molecule has 0 unspecified atom stereocenters. The molecule has 4 heteroatoms. The zero-order chi connectivity index (χ0) is 20.4. The Balaban J connectivity index is 1.74. The molecular weight excluding hydrogens is 364 g/mol. The summed E-state index contributed by atoms with van der Waals surface area (Å²) in [7, 11) is 1.59. The molecule has 0 atom stereocenters. The van der Waals surface area contributed by atoms with Gasteiger partial charge in [0.15, 0.2) is 5.76 Å². The summed E-state index contributed by atoms with van der Waals surface area (Å²) in [6.45, 7) is 4.15. The highest BCUT2D eigenvalue weighted by Gasteiger charge is 2.16. The van der Waals surface area contributed by atoms with Crippen molar-refractivity contribution in [2.75, 3.05) is 7.11 Å². The van der Waals surface area contributed by atoms with Gasteiger partial charge in [-0.25, -0.2) is 0 Å². The highest BCUT2D eigenvalue weighted by molar-refractivity contribution is 5.82. The van der Waals surface area contributed by atoms with Crippen molar-refractivity contribution >= 4 is 17.0 Å². The van der Waals surface area contributed by atoms with Gasteiger partial charge in [-0.2, -0.15) is 0 Å². The van der Waals surface area contributed by atoms with Crippen molar-refractivity contribution in [3.05, 3.63) is 94.7 Å². The van der Waals surface area contributed by atoms with E-state index in [0.717, 1.165) is 22.3 Å². The zero-order valence-corrected chi connectivity index (χ0v) is 16.0. The van der Waals surface area contributed by atoms with Gasteiger partial charge in [-0.1, -0.05) is 67.3 Å². The summed E-state index contributed by atoms with van der Waals surface area (Å²) in [6.07, 6.45) is 1.80. The molecule has 0 aliphatic carbocycles. The first-order valence-corrected chi connectivity index (χ1v) is 9.21. The summed E-state index contributed by atoms with van der Waals surface area (Å²) in [4.78, 5) is 12.7. The summed E-state index contributed by atoms with van der Waals surface area (Å²) < 4.78 is 11.0. The molecule has 0 saturated heterocycles. The van der Waals surface area contributed by atoms with Gasteiger partial charge in [-0.3, -0.25) is 4.79 Å². The Hall–Kier alpha value is -3.63. The van der Waals surface area contributed by atoms with Crippen LogP contribution < -0.4 is 5.43 Å². The molecule has 144 valence electrons. The number of rotatable bonds is 5. The highest BCUT2D eigenvalue weighted by atomic mass is 16.5. The number of benzene rings is 3. The Morgan fingerprint density at radius 3 is 2.21 bits per heavy atom. The van der Waals surface area contributed by atoms with Gasteiger partial charge in [-0.15, -0.1) is 0 Å². The Morgan fingerprint density at radius 1 is 0.966 bits per heavy atom. The van der Waals surface area contributed by atoms with E-state index < -0.39 is 11.2 Å². The lowest BCUT2D eigenvalue weighted by atomic mass is 10.0. The molecule has 0 bridgehead atoms. The Bertz CT molecular complexity index is 1230. The minimum absolute atomic E-state index is 0.163. The third-order valence-corrected chi connectivity index (χ3v) is 4.87. The summed E-state index contributed by atoms with van der Waals surface area (Å²) in [5, 5.41) is 10.8. The van der Waals surface area contributed by atoms with Crippen molar-refractivity contribution < 1.29 is 14.3 Å². The molecule has 0 saturated carbocycles. The predicted molar refractivity (Wildman–Crippen MR) is 116 cm³/mol. The second-order valence-electron chi connectivity index (χ2n) is 6.78. The Labute approximate surface area is 168 Å². The van der Waals surface area contributed by atoms with Crippen molar-refractivity contribution in [2.24, 2.45) is 0 Å². The quantitative estimate of drug-likeness (QED) is 0.485. The van der Waals surface area contributed by atoms with E-state index in [1.165, 1.54) is 0 Å². The Kier molecular flexibility index (Phi) is 5.02. The van der Waals surface area contributed by atoms with Crippen LogP contribution in [0, 0.1) is 0 Å². The molecule has 1 aromatic heterocycles. The summed E-state index contributed by atoms with van der Waals surface area (Å²) in [6, 6.07) is 20.8. The van der Waals surface area contributed by atoms with Gasteiger partial charge in [-0.05, 0) is 34.4 Å². The third-order valence-electron chi connectivity index (χ3n) is 4.87. The third kappa shape index (κ3) is 3.58. The number of fused-ring (bicyclic) bond motifs is 1. The van der Waals surface area contributed by atoms with Gasteiger partial charge in [0.25, 0.3) is 0 Å². The lowest BCUT2D eigenvalue weighted by Crippen LogP contribution is -2.03. The van der Waals surface area contributed by atoms with Crippen LogP contribution in [0.1, 0.15) is 11.1 Å². The molecule has 1 heterocycles. The van der Waals surface area contributed by atoms with Crippen molar-refractivity contribution in [1.29, 1.82) is 0 Å². The molecule has 4 aromatic rings. The zero-order valence-electron chi connectivity index (χ0n) is 16.0. The van der Waals surface area contributed by atoms with Gasteiger partial charge >= 0.3 is 0 Å². The normalized spacial score (nSPS) is 10.9. The average molecular weight is 384 g/mol. The second kappa shape index (κ2) is 7.78. The number of hydrogen-bond donors (Lipinski definition) is 1. The molecule has 0 fully saturated rings. The average Bonchev–Trinajstić information content (AvgIpc) is 2.77. The smallest absolute Gasteiger partial charge is 0.235 e. The number of methoxy groups -OCH3 is 1. The summed E-state index contributed by atoms with van der Waals surface area (Å²) in [5.41, 5.74) is 4.59. The lowest BCUT2D eigenvalue weighted by molar-refractivity contribution is 0.185. The standard InChI is InChI=1S/C25H20O4/c1-3-16-4-7-18(8-5-16)19-9-11-20(12-10-19)25-24(27)23(26)21-14-17(15-28-2)6-13-22(21)29-25/h3-14,27H,1,15H2,2H3. The van der Waals surface area contributed by atoms with E-state index >= 15 is 0 Å². The van der Waals surface area contributed by atoms with Crippen LogP contribution in [0.3, 0.4) is 0 Å². The van der Waals surface area contributed by atoms with Crippen LogP contribution in [0.4, 0.5) is 0 Å². The van der Waals surface area contributed by atoms with Crippen molar-refractivity contribution in [3.63, 3.8) is 0 Å². The van der Waals surface area contributed by atoms with E-state index in [1.54, 1.807) is 25.3 Å². The number of aromatic hydroxyl groups is 1. The molecule has 1 N–H and O–H groups in total. The molecule has 0 aliphatic heterocycles. The fourth-order valence-corrected chi connectivity index (χ4v) is 3.31. The molecule has 0 spiro atoms. The van der Waals surface area contributed by atoms with Gasteiger partial charge in [0.05, 0.1) is 12.0 Å². The van der Waals surface area contributed by atoms with E-state index in [2.05, 4.69) is 6.58 Å². The molecule has 4 nitrogen and oxygen atoms in total. The van der Waals surface area contributed by atoms with Gasteiger partial charge in [0, 0.05) is 12.7 Å². The fraction of sp³-hybridized carbons (Fsp3) is 0.0800. The first-order valence-electron chi connectivity index (χ1n) is 9.21. The molecule has 0 radical (unpaired) electrons. The van der Waals surface area contributed by atoms with Crippen LogP contribution >= 0.6 is 0 Å². The topological polar surface area (TPSA) is 59.7 Å². The van der Waals surface area contributed by atoms with E-state index in [1.807, 2.05) is 54.6 Å². The van der Waals surface area contributed by atoms with Crippen molar-refractivity contribution in [1.82, 2.24) is 0 Å². The molecule has 0 aliphatic rings. The van der Waals surface area contributed by atoms with Gasteiger partial charge in [0.1, 0.15) is 5.58 Å². The largest absolute Gasteiger partial charge is 0.502 e. The van der Waals surface area contributed by atoms with Crippen LogP contribution in [-0.4, -0.2) is 12.2 Å². The monoisotopic (exact) mass is 384 g/mol. The molecule has 4 rings (SSSR count). The van der Waals surface area contributed by atoms with Crippen LogP contribution in [0.25, 0.3) is 39.5 Å². The van der Waals surface area contributed by atoms with Crippen LogP contribution in [-0.2, 0) is 11.3 Å². The van der Waals surface area contributed by atoms with E-state index in [9.17, 15) is 9.90 Å². The van der Waals surface area contributed by atoms with Crippen LogP contribution in [0.15, 0.2) is 82.5 Å². The first kappa shape index (κ1) is 18.7. The maximum Gasteiger partial charge on any atom is 0.235 e. The van der Waals surface area contributed by atoms with Gasteiger partial charge < -0.3 is 14.3 Å². The van der Waals surface area contributed by atoms with E-state index in [0.29, 0.717) is 23.1 Å². The van der Waals surface area contributed by atoms with Crippen molar-refractivity contribution in [3.8, 4) is 28.2 Å². The maximum atomic E-state index is 12.7. The SMILES string of the molecule is C=Cc1ccc(-c2ccc(-c3oc4ccc(COC)cc4c(=O)c3O)cc2)cc1. The molecular formula is C25H20O4. The first-order chi connectivity index (χ1) is 14.1. The molecule has 0 amide bonds. The minimum Gasteiger partial charge on any atom is -0.502 e. The number of ether oxygens (including phenoxy) is 1. The fourth-order valence-electron chi connectivity index (χ4n) is 3.31. The predicted octanol–water partition coefficient (Wildman–Crippen LogP) is 5.62. The lowest BCUT2D eigenvalue weighted by Gasteiger charge is -2.08. The number of hydrogen-bond acceptors (Lipinski definition) is 4. The maximum absolute atomic E-state index is 12.7. The highest BCUT2D eigenvalue weighted by Crippen LogP contribution is 2.32. The summed E-state index contributed by atoms with van der Waals surface area (Å²) in [5.74, 6) is -0.231. The van der Waals surface area contributed by atoms with Gasteiger partial charge in [0.2, 0.25) is 11.2 Å². The Morgan fingerprint density at radius 2 is 1.59 bits per heavy atom. The van der Waals surface area contributed by atoms with Crippen LogP contribution in [0.2, 0.25) is 0 Å². The van der Waals surface area contributed by atoms with Crippen molar-refractivity contribution in [2.45, 2.75) is 6.61 Å². The van der Waals surface area contributed by atoms with E-state index in [4.69, 9.17) is 9.15 Å². The van der Waals surface area contributed by atoms with Crippen LogP contribution in [0.5, 0.6) is 5.75 Å². The summed E-state index contributed by atoms with van der Waals surface area (Å²) >= 11 is 0. The second-order valence-corrected chi connectivity index (χ2v) is 6.78. The molecule has 29 heavy (non-hydrogen) atoms. The van der Waals surface area contributed by atoms with E-state index in [-0.39, 0.29) is 5.76 Å². The molecule has 3 aromatic carbocycles.